The highest BCUT2D eigenvalue weighted by atomic mass is 32.2. The van der Waals surface area contributed by atoms with Crippen LogP contribution in [0.15, 0.2) is 24.3 Å². The van der Waals surface area contributed by atoms with Gasteiger partial charge in [0.25, 0.3) is 5.12 Å². The molecule has 0 aromatic heterocycles. The first-order valence-corrected chi connectivity index (χ1v) is 5.97. The Balaban J connectivity index is 3.21. The quantitative estimate of drug-likeness (QED) is 0.747. The Hall–Kier alpha value is -1.16. The summed E-state index contributed by atoms with van der Waals surface area (Å²) in [6.45, 7) is 3.18. The molecule has 3 nitrogen and oxygen atoms in total. The second-order valence-electron chi connectivity index (χ2n) is 3.01. The number of aryl methyl sites for hydroxylation is 1. The van der Waals surface area contributed by atoms with Crippen LogP contribution in [0.25, 0.3) is 0 Å². The third-order valence-electron chi connectivity index (χ3n) is 2.03. The van der Waals surface area contributed by atoms with Crippen LogP contribution in [0.2, 0.25) is 0 Å². The fraction of sp³-hybridized carbons (Fsp3) is 0.300. The van der Waals surface area contributed by atoms with Crippen molar-refractivity contribution in [2.24, 2.45) is 0 Å². The van der Waals surface area contributed by atoms with E-state index in [0.717, 1.165) is 0 Å². The summed E-state index contributed by atoms with van der Waals surface area (Å²) in [6, 6.07) is 6.68. The maximum atomic E-state index is 11.5. The lowest BCUT2D eigenvalue weighted by atomic mass is 10.1. The molecule has 0 spiro atoms. The van der Waals surface area contributed by atoms with E-state index in [4.69, 9.17) is 0 Å². The van der Waals surface area contributed by atoms with E-state index in [2.05, 4.69) is 0 Å². The van der Waals surface area contributed by atoms with Crippen LogP contribution in [-0.4, -0.2) is 19.3 Å². The van der Waals surface area contributed by atoms with Crippen molar-refractivity contribution in [1.29, 1.82) is 0 Å². The molecule has 1 rings (SSSR count). The minimum Gasteiger partial charge on any atom is -0.276 e. The van der Waals surface area contributed by atoms with Gasteiger partial charge in [0.2, 0.25) is 9.84 Å². The highest BCUT2D eigenvalue weighted by Gasteiger charge is 2.22. The number of sulfone groups is 1. The van der Waals surface area contributed by atoms with Gasteiger partial charge in [0.15, 0.2) is 0 Å². The molecule has 0 radical (unpaired) electrons. The van der Waals surface area contributed by atoms with Crippen LogP contribution in [0.3, 0.4) is 0 Å². The molecule has 1 aromatic rings. The Labute approximate surface area is 83.7 Å². The number of benzene rings is 1. The number of carbonyl (C=O) groups excluding carboxylic acids is 1. The molecule has 0 bridgehead atoms. The smallest absolute Gasteiger partial charge is 0.276 e. The Bertz CT molecular complexity index is 446. The van der Waals surface area contributed by atoms with Gasteiger partial charge in [0, 0.05) is 5.56 Å². The van der Waals surface area contributed by atoms with Crippen LogP contribution in [-0.2, 0) is 9.84 Å². The monoisotopic (exact) mass is 212 g/mol. The predicted molar refractivity (Wildman–Crippen MR) is 55.0 cm³/mol. The average molecular weight is 212 g/mol. The Morgan fingerprint density at radius 2 is 1.86 bits per heavy atom. The van der Waals surface area contributed by atoms with Gasteiger partial charge in [-0.3, -0.25) is 4.79 Å². The first-order chi connectivity index (χ1) is 6.49. The zero-order valence-electron chi connectivity index (χ0n) is 8.15. The zero-order valence-corrected chi connectivity index (χ0v) is 8.97. The van der Waals surface area contributed by atoms with Crippen LogP contribution >= 0.6 is 0 Å². The SMILES string of the molecule is CCS(=O)(=O)C(=O)c1ccccc1C. The van der Waals surface area contributed by atoms with Crippen LogP contribution in [0.1, 0.15) is 22.8 Å². The van der Waals surface area contributed by atoms with E-state index in [1.54, 1.807) is 25.1 Å². The number of carbonyl (C=O) groups is 1. The average Bonchev–Trinajstić information content (AvgIpc) is 2.17. The van der Waals surface area contributed by atoms with E-state index in [9.17, 15) is 13.2 Å². The maximum absolute atomic E-state index is 11.5. The molecule has 0 saturated heterocycles. The normalized spacial score (nSPS) is 11.3. The van der Waals surface area contributed by atoms with Gasteiger partial charge in [0.1, 0.15) is 0 Å². The first kappa shape index (κ1) is 10.9. The third kappa shape index (κ3) is 2.01. The van der Waals surface area contributed by atoms with E-state index in [-0.39, 0.29) is 11.3 Å². The van der Waals surface area contributed by atoms with Gasteiger partial charge in [-0.25, -0.2) is 8.42 Å². The van der Waals surface area contributed by atoms with Crippen LogP contribution in [0, 0.1) is 6.92 Å². The van der Waals surface area contributed by atoms with Gasteiger partial charge in [0.05, 0.1) is 5.75 Å². The Kier molecular flexibility index (Phi) is 3.06. The maximum Gasteiger partial charge on any atom is 0.276 e. The molecular formula is C10H12O3S. The molecule has 0 unspecified atom stereocenters. The first-order valence-electron chi connectivity index (χ1n) is 4.31. The second kappa shape index (κ2) is 3.92. The number of hydrogen-bond donors (Lipinski definition) is 0. The van der Waals surface area contributed by atoms with Crippen molar-refractivity contribution in [3.63, 3.8) is 0 Å². The molecule has 1 aromatic carbocycles. The molecule has 0 atom stereocenters. The molecule has 0 saturated carbocycles. The van der Waals surface area contributed by atoms with Gasteiger partial charge in [-0.15, -0.1) is 0 Å². The highest BCUT2D eigenvalue weighted by molar-refractivity contribution is 8.06. The predicted octanol–water partition coefficient (Wildman–Crippen LogP) is 1.57. The van der Waals surface area contributed by atoms with Crippen molar-refractivity contribution in [3.05, 3.63) is 35.4 Å². The molecule has 0 aliphatic carbocycles. The summed E-state index contributed by atoms with van der Waals surface area (Å²) in [4.78, 5) is 11.5. The fourth-order valence-corrected chi connectivity index (χ4v) is 1.93. The van der Waals surface area contributed by atoms with E-state index >= 15 is 0 Å². The van der Waals surface area contributed by atoms with Crippen LogP contribution < -0.4 is 0 Å². The van der Waals surface area contributed by atoms with E-state index < -0.39 is 15.0 Å². The summed E-state index contributed by atoms with van der Waals surface area (Å²) < 4.78 is 22.6. The van der Waals surface area contributed by atoms with Crippen LogP contribution in [0.5, 0.6) is 0 Å². The summed E-state index contributed by atoms with van der Waals surface area (Å²) in [5.74, 6) is -0.153. The largest absolute Gasteiger partial charge is 0.276 e. The fourth-order valence-electron chi connectivity index (χ4n) is 1.10. The van der Waals surface area contributed by atoms with Gasteiger partial charge in [-0.05, 0) is 12.5 Å². The Morgan fingerprint density at radius 1 is 1.29 bits per heavy atom. The van der Waals surface area contributed by atoms with E-state index in [1.165, 1.54) is 13.0 Å². The minimum absolute atomic E-state index is 0.153. The topological polar surface area (TPSA) is 51.2 Å². The summed E-state index contributed by atoms with van der Waals surface area (Å²) in [6.07, 6.45) is 0. The second-order valence-corrected chi connectivity index (χ2v) is 5.18. The lowest BCUT2D eigenvalue weighted by Crippen LogP contribution is -2.17. The Morgan fingerprint density at radius 3 is 2.36 bits per heavy atom. The molecule has 0 heterocycles. The van der Waals surface area contributed by atoms with Crippen molar-refractivity contribution in [2.45, 2.75) is 13.8 Å². The molecule has 0 aliphatic rings. The summed E-state index contributed by atoms with van der Waals surface area (Å²) in [5.41, 5.74) is 0.962. The number of rotatable bonds is 2. The molecule has 0 aliphatic heterocycles. The van der Waals surface area contributed by atoms with Crippen molar-refractivity contribution in [2.75, 3.05) is 5.75 Å². The molecule has 0 amide bonds. The van der Waals surface area contributed by atoms with Crippen molar-refractivity contribution in [3.8, 4) is 0 Å². The molecule has 14 heavy (non-hydrogen) atoms. The van der Waals surface area contributed by atoms with Crippen molar-refractivity contribution >= 4 is 15.0 Å². The molecule has 76 valence electrons. The van der Waals surface area contributed by atoms with Crippen LogP contribution in [0.4, 0.5) is 0 Å². The van der Waals surface area contributed by atoms with Gasteiger partial charge < -0.3 is 0 Å². The standard InChI is InChI=1S/C10H12O3S/c1-3-14(12,13)10(11)9-7-5-4-6-8(9)2/h4-7H,3H2,1-2H3. The highest BCUT2D eigenvalue weighted by Crippen LogP contribution is 2.11. The molecular weight excluding hydrogens is 200 g/mol. The molecule has 0 fully saturated rings. The number of hydrogen-bond acceptors (Lipinski definition) is 3. The lowest BCUT2D eigenvalue weighted by molar-refractivity contribution is 0.107. The zero-order chi connectivity index (χ0) is 10.8. The van der Waals surface area contributed by atoms with E-state index in [0.29, 0.717) is 5.56 Å². The summed E-state index contributed by atoms with van der Waals surface area (Å²) in [7, 11) is -3.61. The van der Waals surface area contributed by atoms with Crippen molar-refractivity contribution in [1.82, 2.24) is 0 Å². The molecule has 4 heteroatoms. The molecule has 0 N–H and O–H groups in total. The van der Waals surface area contributed by atoms with Crippen molar-refractivity contribution < 1.29 is 13.2 Å². The lowest BCUT2D eigenvalue weighted by Gasteiger charge is -2.03. The third-order valence-corrected chi connectivity index (χ3v) is 3.57. The minimum atomic E-state index is -3.61. The summed E-state index contributed by atoms with van der Waals surface area (Å²) in [5, 5.41) is -0.780. The van der Waals surface area contributed by atoms with Gasteiger partial charge in [-0.2, -0.15) is 0 Å². The summed E-state index contributed by atoms with van der Waals surface area (Å²) >= 11 is 0. The van der Waals surface area contributed by atoms with Gasteiger partial charge in [-0.1, -0.05) is 31.2 Å². The van der Waals surface area contributed by atoms with Gasteiger partial charge >= 0.3 is 0 Å². The van der Waals surface area contributed by atoms with E-state index in [1.807, 2.05) is 0 Å².